The number of amides is 1. The fourth-order valence-corrected chi connectivity index (χ4v) is 5.12. The molecule has 0 aromatic heterocycles. The van der Waals surface area contributed by atoms with Crippen LogP contribution in [0, 0.1) is 5.92 Å². The van der Waals surface area contributed by atoms with E-state index < -0.39 is 29.9 Å². The summed E-state index contributed by atoms with van der Waals surface area (Å²) < 4.78 is 5.35. The summed E-state index contributed by atoms with van der Waals surface area (Å²) in [6, 6.07) is 13.2. The van der Waals surface area contributed by atoms with Crippen molar-refractivity contribution in [3.05, 3.63) is 69.7 Å². The Hall–Kier alpha value is -2.57. The molecule has 182 valence electrons. The van der Waals surface area contributed by atoms with Gasteiger partial charge in [0.15, 0.2) is 0 Å². The molecule has 4 atom stereocenters. The van der Waals surface area contributed by atoms with Crippen molar-refractivity contribution < 1.29 is 24.2 Å². The number of hydrogen-bond acceptors (Lipinski definition) is 4. The first-order chi connectivity index (χ1) is 16.3. The predicted octanol–water partition coefficient (Wildman–Crippen LogP) is 5.87. The van der Waals surface area contributed by atoms with E-state index in [-0.39, 0.29) is 24.9 Å². The number of carbonyl (C=O) groups excluding carboxylic acids is 2. The smallest absolute Gasteiger partial charge is 0.328 e. The number of likely N-dealkylation sites (tertiary alicyclic amines) is 1. The number of aliphatic carboxylic acids is 1. The Morgan fingerprint density at radius 2 is 1.79 bits per heavy atom. The number of rotatable bonds is 9. The Balaban J connectivity index is 2.21. The lowest BCUT2D eigenvalue weighted by atomic mass is 9.74. The molecule has 1 saturated heterocycles. The predicted molar refractivity (Wildman–Crippen MR) is 131 cm³/mol. The molecule has 1 amide bonds. The van der Waals surface area contributed by atoms with Gasteiger partial charge in [-0.15, -0.1) is 0 Å². The van der Waals surface area contributed by atoms with Gasteiger partial charge >= 0.3 is 11.9 Å². The maximum absolute atomic E-state index is 13.8. The van der Waals surface area contributed by atoms with E-state index in [1.54, 1.807) is 30.0 Å². The lowest BCUT2D eigenvalue weighted by Gasteiger charge is -2.47. The van der Waals surface area contributed by atoms with Gasteiger partial charge in [-0.3, -0.25) is 9.59 Å². The molecular formula is C26H29Cl2NO5. The quantitative estimate of drug-likeness (QED) is 0.430. The number of benzene rings is 2. The number of hydrogen-bond donors (Lipinski definition) is 1. The highest BCUT2D eigenvalue weighted by atomic mass is 35.5. The third-order valence-corrected chi connectivity index (χ3v) is 6.68. The molecule has 1 N–H and O–H groups in total. The Bertz CT molecular complexity index is 1030. The van der Waals surface area contributed by atoms with Crippen LogP contribution < -0.4 is 0 Å². The highest BCUT2D eigenvalue weighted by molar-refractivity contribution is 6.30. The number of nitrogens with zero attached hydrogens (tertiary/aromatic N) is 1. The molecule has 34 heavy (non-hydrogen) atoms. The van der Waals surface area contributed by atoms with Crippen LogP contribution >= 0.6 is 23.2 Å². The maximum Gasteiger partial charge on any atom is 0.328 e. The second-order valence-electron chi connectivity index (χ2n) is 8.49. The minimum absolute atomic E-state index is 0.183. The normalized spacial score (nSPS) is 21.2. The van der Waals surface area contributed by atoms with Crippen LogP contribution in [0.25, 0.3) is 0 Å². The first kappa shape index (κ1) is 26.0. The molecule has 0 spiro atoms. The van der Waals surface area contributed by atoms with Crippen molar-refractivity contribution in [3.8, 4) is 0 Å². The van der Waals surface area contributed by atoms with E-state index in [4.69, 9.17) is 27.9 Å². The molecule has 2 aromatic rings. The minimum Gasteiger partial charge on any atom is -0.481 e. The SMILES string of the molecule is CCCC(C(=O)OCC)N1C(=O)[C@H](CC(=O)O)C[C@@H](c2cccc(Cl)c2)[C@@H]1c1ccc(Cl)cc1. The van der Waals surface area contributed by atoms with E-state index >= 15 is 0 Å². The number of carbonyl (C=O) groups is 3. The standard InChI is InChI=1S/C26H29Cl2NO5/c1-3-6-22(26(33)34-4-2)29-24(16-9-11-19(27)12-10-16)21(17-7-5-8-20(28)13-17)14-18(25(29)32)15-23(30)31/h5,7-13,18,21-22,24H,3-4,6,14-15H2,1-2H3,(H,30,31)/t18-,21-,22?,24-/m0/s1. The summed E-state index contributed by atoms with van der Waals surface area (Å²) in [7, 11) is 0. The minimum atomic E-state index is -1.06. The van der Waals surface area contributed by atoms with E-state index in [1.807, 2.05) is 37.3 Å². The number of halogens is 2. The summed E-state index contributed by atoms with van der Waals surface area (Å²) >= 11 is 12.4. The molecule has 0 bridgehead atoms. The molecule has 1 unspecified atom stereocenters. The molecule has 6 nitrogen and oxygen atoms in total. The number of piperidine rings is 1. The average Bonchev–Trinajstić information content (AvgIpc) is 2.79. The van der Waals surface area contributed by atoms with Gasteiger partial charge in [0.05, 0.1) is 19.1 Å². The number of esters is 1. The van der Waals surface area contributed by atoms with Crippen LogP contribution in [0.3, 0.4) is 0 Å². The van der Waals surface area contributed by atoms with E-state index in [9.17, 15) is 19.5 Å². The zero-order valence-electron chi connectivity index (χ0n) is 19.2. The summed E-state index contributed by atoms with van der Waals surface area (Å²) in [6.07, 6.45) is 1.04. The molecular weight excluding hydrogens is 477 g/mol. The van der Waals surface area contributed by atoms with Gasteiger partial charge in [-0.05, 0) is 55.2 Å². The van der Waals surface area contributed by atoms with E-state index in [2.05, 4.69) is 0 Å². The van der Waals surface area contributed by atoms with Crippen molar-refractivity contribution in [1.82, 2.24) is 4.90 Å². The molecule has 3 rings (SSSR count). The van der Waals surface area contributed by atoms with E-state index in [0.717, 1.165) is 11.1 Å². The van der Waals surface area contributed by atoms with Gasteiger partial charge in [0.1, 0.15) is 6.04 Å². The fourth-order valence-electron chi connectivity index (χ4n) is 4.80. The Kier molecular flexibility index (Phi) is 8.97. The molecule has 1 heterocycles. The van der Waals surface area contributed by atoms with Crippen LogP contribution in [0.4, 0.5) is 0 Å². The third-order valence-electron chi connectivity index (χ3n) is 6.19. The van der Waals surface area contributed by atoms with E-state index in [0.29, 0.717) is 29.3 Å². The topological polar surface area (TPSA) is 83.9 Å². The Morgan fingerprint density at radius 1 is 1.09 bits per heavy atom. The van der Waals surface area contributed by atoms with Gasteiger partial charge in [0.2, 0.25) is 5.91 Å². The number of carboxylic acid groups (broad SMARTS) is 1. The first-order valence-electron chi connectivity index (χ1n) is 11.5. The van der Waals surface area contributed by atoms with Gasteiger partial charge in [0, 0.05) is 21.9 Å². The third kappa shape index (κ3) is 5.91. The zero-order valence-corrected chi connectivity index (χ0v) is 20.8. The molecule has 0 radical (unpaired) electrons. The molecule has 1 aliphatic heterocycles. The lowest BCUT2D eigenvalue weighted by Crippen LogP contribution is -2.54. The lowest BCUT2D eigenvalue weighted by molar-refractivity contribution is -0.164. The number of ether oxygens (including phenoxy) is 1. The van der Waals surface area contributed by atoms with Crippen molar-refractivity contribution in [2.45, 2.75) is 57.5 Å². The summed E-state index contributed by atoms with van der Waals surface area (Å²) in [4.78, 5) is 40.0. The monoisotopic (exact) mass is 505 g/mol. The fraction of sp³-hybridized carbons (Fsp3) is 0.423. The Morgan fingerprint density at radius 3 is 2.38 bits per heavy atom. The van der Waals surface area contributed by atoms with Crippen molar-refractivity contribution in [2.24, 2.45) is 5.92 Å². The molecule has 8 heteroatoms. The molecule has 0 saturated carbocycles. The number of carboxylic acids is 1. The van der Waals surface area contributed by atoms with E-state index in [1.165, 1.54) is 0 Å². The van der Waals surface area contributed by atoms with Crippen LogP contribution in [-0.4, -0.2) is 40.5 Å². The summed E-state index contributed by atoms with van der Waals surface area (Å²) in [5.41, 5.74) is 1.68. The van der Waals surface area contributed by atoms with Gasteiger partial charge in [0.25, 0.3) is 0 Å². The second kappa shape index (κ2) is 11.7. The van der Waals surface area contributed by atoms with Gasteiger partial charge < -0.3 is 14.7 Å². The maximum atomic E-state index is 13.8. The zero-order chi connectivity index (χ0) is 24.8. The van der Waals surface area contributed by atoms with Crippen LogP contribution in [0.5, 0.6) is 0 Å². The summed E-state index contributed by atoms with van der Waals surface area (Å²) in [6.45, 7) is 3.84. The molecule has 0 aliphatic carbocycles. The molecule has 1 fully saturated rings. The first-order valence-corrected chi connectivity index (χ1v) is 12.2. The largest absolute Gasteiger partial charge is 0.481 e. The van der Waals surface area contributed by atoms with Crippen molar-refractivity contribution in [3.63, 3.8) is 0 Å². The highest BCUT2D eigenvalue weighted by Gasteiger charge is 2.48. The second-order valence-corrected chi connectivity index (χ2v) is 9.36. The van der Waals surface area contributed by atoms with Crippen LogP contribution in [0.2, 0.25) is 10.0 Å². The van der Waals surface area contributed by atoms with Crippen LogP contribution in [0.1, 0.15) is 62.6 Å². The highest BCUT2D eigenvalue weighted by Crippen LogP contribution is 2.47. The van der Waals surface area contributed by atoms with Crippen molar-refractivity contribution in [1.29, 1.82) is 0 Å². The Labute approximate surface area is 209 Å². The van der Waals surface area contributed by atoms with Crippen molar-refractivity contribution in [2.75, 3.05) is 6.61 Å². The summed E-state index contributed by atoms with van der Waals surface area (Å²) in [5, 5.41) is 10.6. The van der Waals surface area contributed by atoms with Gasteiger partial charge in [-0.1, -0.05) is 60.8 Å². The van der Waals surface area contributed by atoms with Gasteiger partial charge in [-0.25, -0.2) is 4.79 Å². The van der Waals surface area contributed by atoms with Gasteiger partial charge in [-0.2, -0.15) is 0 Å². The molecule has 1 aliphatic rings. The summed E-state index contributed by atoms with van der Waals surface area (Å²) in [5.74, 6) is -2.96. The van der Waals surface area contributed by atoms with Crippen LogP contribution in [-0.2, 0) is 19.1 Å². The van der Waals surface area contributed by atoms with Crippen LogP contribution in [0.15, 0.2) is 48.5 Å². The average molecular weight is 506 g/mol. The molecule has 2 aromatic carbocycles. The van der Waals surface area contributed by atoms with Crippen molar-refractivity contribution >= 4 is 41.0 Å².